The first-order chi connectivity index (χ1) is 25.7. The van der Waals surface area contributed by atoms with Gasteiger partial charge in [0.1, 0.15) is 5.69 Å². The summed E-state index contributed by atoms with van der Waals surface area (Å²) in [4.78, 5) is 28.1. The van der Waals surface area contributed by atoms with Crippen LogP contribution < -0.4 is 25.6 Å². The van der Waals surface area contributed by atoms with Crippen molar-refractivity contribution in [2.24, 2.45) is 0 Å². The van der Waals surface area contributed by atoms with Crippen LogP contribution in [0, 0.1) is 13.8 Å². The number of thiocarbonyl (C=S) groups is 1. The van der Waals surface area contributed by atoms with Crippen molar-refractivity contribution < 1.29 is 14.6 Å². The van der Waals surface area contributed by atoms with Crippen LogP contribution in [0.5, 0.6) is 5.88 Å². The van der Waals surface area contributed by atoms with Crippen molar-refractivity contribution in [2.45, 2.75) is 33.8 Å². The molecule has 0 spiro atoms. The van der Waals surface area contributed by atoms with E-state index in [4.69, 9.17) is 26.9 Å². The molecule has 4 N–H and O–H groups in total. The second-order valence-corrected chi connectivity index (χ2v) is 13.7. The van der Waals surface area contributed by atoms with Crippen LogP contribution in [0.2, 0.25) is 0 Å². The highest BCUT2D eigenvalue weighted by molar-refractivity contribution is 7.80. The molecule has 1 saturated heterocycles. The van der Waals surface area contributed by atoms with E-state index in [1.807, 2.05) is 67.6 Å². The fraction of sp³-hybridized carbons (Fsp3) is 0.238. The summed E-state index contributed by atoms with van der Waals surface area (Å²) in [6.45, 7) is 9.15. The summed E-state index contributed by atoms with van der Waals surface area (Å²) in [5.74, 6) is 0.0223. The number of aryl methyl sites for hydroxylation is 3. The minimum Gasteiger partial charge on any atom is -0.480 e. The first-order valence-corrected chi connectivity index (χ1v) is 18.2. The first-order valence-electron chi connectivity index (χ1n) is 17.8. The lowest BCUT2D eigenvalue weighted by atomic mass is 10.1. The topological polar surface area (TPSA) is 115 Å². The standard InChI is InChI=1S/C42H43N7O3S/c1-5-35-34(24-38(41(46-35)52-4)47-42(53)49-16-14-48(15-17-49)31-19-26(2)18-27(3)20-31)40(51)44-30-22-28(25-50)21-29(23-30)43-39-32-10-6-8-12-36(32)45-37-13-9-7-11-33(37)39/h6-13,18-24,50H,5,14-17,25H2,1-4H3,(H,43,45)(H,44,51)(H,47,53). The number of aliphatic hydroxyl groups is 1. The van der Waals surface area contributed by atoms with E-state index in [0.29, 0.717) is 51.3 Å². The number of anilines is 5. The van der Waals surface area contributed by atoms with Crippen LogP contribution in [0.1, 0.15) is 39.7 Å². The molecule has 0 atom stereocenters. The molecule has 6 aromatic rings. The maximum Gasteiger partial charge on any atom is 0.257 e. The highest BCUT2D eigenvalue weighted by Crippen LogP contribution is 2.34. The molecule has 1 amide bonds. The molecule has 1 aliphatic heterocycles. The van der Waals surface area contributed by atoms with E-state index < -0.39 is 0 Å². The number of carbonyl (C=O) groups excluding carboxylic acids is 1. The number of benzene rings is 4. The van der Waals surface area contributed by atoms with E-state index in [1.165, 1.54) is 16.8 Å². The highest BCUT2D eigenvalue weighted by atomic mass is 32.1. The summed E-state index contributed by atoms with van der Waals surface area (Å²) in [6.07, 6.45) is 0.510. The number of carbonyl (C=O) groups is 1. The lowest BCUT2D eigenvalue weighted by Crippen LogP contribution is -2.50. The quantitative estimate of drug-likeness (QED) is 0.0865. The Bertz CT molecular complexity index is 2260. The van der Waals surface area contributed by atoms with Crippen LogP contribution in [-0.2, 0) is 13.0 Å². The van der Waals surface area contributed by atoms with E-state index in [-0.39, 0.29) is 12.5 Å². The van der Waals surface area contributed by atoms with Crippen LogP contribution in [0.3, 0.4) is 0 Å². The van der Waals surface area contributed by atoms with Gasteiger partial charge in [0.15, 0.2) is 5.11 Å². The van der Waals surface area contributed by atoms with E-state index in [2.05, 4.69) is 57.8 Å². The monoisotopic (exact) mass is 725 g/mol. The Morgan fingerprint density at radius 3 is 2.09 bits per heavy atom. The lowest BCUT2D eigenvalue weighted by molar-refractivity contribution is 0.102. The maximum absolute atomic E-state index is 14.0. The Kier molecular flexibility index (Phi) is 10.4. The van der Waals surface area contributed by atoms with Crippen molar-refractivity contribution in [3.63, 3.8) is 0 Å². The van der Waals surface area contributed by atoms with Gasteiger partial charge < -0.3 is 35.6 Å². The number of methoxy groups -OCH3 is 1. The molecule has 3 heterocycles. The molecule has 4 aromatic carbocycles. The van der Waals surface area contributed by atoms with E-state index >= 15 is 0 Å². The van der Waals surface area contributed by atoms with E-state index in [0.717, 1.165) is 53.7 Å². The van der Waals surface area contributed by atoms with Gasteiger partial charge in [-0.25, -0.2) is 9.97 Å². The number of amides is 1. The van der Waals surface area contributed by atoms with Gasteiger partial charge in [0.2, 0.25) is 5.88 Å². The van der Waals surface area contributed by atoms with Crippen LogP contribution in [-0.4, -0.2) is 64.3 Å². The minimum atomic E-state index is -0.339. The Morgan fingerprint density at radius 1 is 0.830 bits per heavy atom. The molecule has 0 unspecified atom stereocenters. The largest absolute Gasteiger partial charge is 0.480 e. The van der Waals surface area contributed by atoms with Crippen molar-refractivity contribution in [3.05, 3.63) is 119 Å². The number of nitrogens with zero attached hydrogens (tertiary/aromatic N) is 4. The van der Waals surface area contributed by atoms with Gasteiger partial charge in [0.25, 0.3) is 5.91 Å². The number of rotatable bonds is 9. The van der Waals surface area contributed by atoms with Crippen molar-refractivity contribution in [1.29, 1.82) is 0 Å². The van der Waals surface area contributed by atoms with Gasteiger partial charge in [-0.3, -0.25) is 4.79 Å². The zero-order valence-corrected chi connectivity index (χ0v) is 31.2. The van der Waals surface area contributed by atoms with E-state index in [1.54, 1.807) is 19.2 Å². The van der Waals surface area contributed by atoms with Gasteiger partial charge in [-0.1, -0.05) is 49.4 Å². The predicted octanol–water partition coefficient (Wildman–Crippen LogP) is 7.98. The fourth-order valence-corrected chi connectivity index (χ4v) is 7.28. The summed E-state index contributed by atoms with van der Waals surface area (Å²) in [5, 5.41) is 22.6. The lowest BCUT2D eigenvalue weighted by Gasteiger charge is -2.37. The molecule has 53 heavy (non-hydrogen) atoms. The summed E-state index contributed by atoms with van der Waals surface area (Å²) in [5.41, 5.74) is 9.72. The molecule has 1 aliphatic rings. The molecular formula is C42H43N7O3S. The summed E-state index contributed by atoms with van der Waals surface area (Å²) in [7, 11) is 1.56. The van der Waals surface area contributed by atoms with Crippen LogP contribution in [0.25, 0.3) is 21.8 Å². The molecule has 0 bridgehead atoms. The zero-order valence-electron chi connectivity index (χ0n) is 30.4. The van der Waals surface area contributed by atoms with Crippen molar-refractivity contribution >= 4 is 73.5 Å². The van der Waals surface area contributed by atoms with Crippen molar-refractivity contribution in [3.8, 4) is 5.88 Å². The predicted molar refractivity (Wildman–Crippen MR) is 219 cm³/mol. The van der Waals surface area contributed by atoms with Gasteiger partial charge in [-0.2, -0.15) is 0 Å². The molecule has 2 aromatic heterocycles. The minimum absolute atomic E-state index is 0.203. The normalized spacial score (nSPS) is 12.9. The van der Waals surface area contributed by atoms with Gasteiger partial charge >= 0.3 is 0 Å². The number of hydrogen-bond donors (Lipinski definition) is 4. The Hall–Kier alpha value is -5.78. The molecule has 0 radical (unpaired) electrons. The number of ether oxygens (including phenoxy) is 1. The van der Waals surface area contributed by atoms with Crippen LogP contribution in [0.4, 0.5) is 28.4 Å². The number of aromatic nitrogens is 2. The number of piperazine rings is 1. The van der Waals surface area contributed by atoms with Crippen molar-refractivity contribution in [1.82, 2.24) is 14.9 Å². The number of pyridine rings is 2. The van der Waals surface area contributed by atoms with Gasteiger partial charge in [-0.15, -0.1) is 0 Å². The van der Waals surface area contributed by atoms with Crippen LogP contribution in [0.15, 0.2) is 91.0 Å². The molecule has 11 heteroatoms. The molecule has 270 valence electrons. The third kappa shape index (κ3) is 7.72. The van der Waals surface area contributed by atoms with Crippen molar-refractivity contribution in [2.75, 3.05) is 54.1 Å². The van der Waals surface area contributed by atoms with E-state index in [9.17, 15) is 9.90 Å². The Labute approximate surface area is 314 Å². The SMILES string of the molecule is CCc1nc(OC)c(NC(=S)N2CCN(c3cc(C)cc(C)c3)CC2)cc1C(=O)Nc1cc(CO)cc(Nc2c3ccccc3nc3ccccc23)c1. The summed E-state index contributed by atoms with van der Waals surface area (Å²) in [6, 6.07) is 29.8. The average molecular weight is 726 g/mol. The average Bonchev–Trinajstić information content (AvgIpc) is 3.17. The second kappa shape index (κ2) is 15.4. The Morgan fingerprint density at radius 2 is 1.47 bits per heavy atom. The number of aliphatic hydroxyl groups excluding tert-OH is 1. The molecule has 0 saturated carbocycles. The number of para-hydroxylation sites is 2. The summed E-state index contributed by atoms with van der Waals surface area (Å²) < 4.78 is 5.66. The van der Waals surface area contributed by atoms with Gasteiger partial charge in [0, 0.05) is 54.0 Å². The molecular weight excluding hydrogens is 683 g/mol. The first kappa shape index (κ1) is 35.6. The summed E-state index contributed by atoms with van der Waals surface area (Å²) >= 11 is 5.87. The molecule has 0 aliphatic carbocycles. The maximum atomic E-state index is 14.0. The number of nitrogens with one attached hydrogen (secondary N) is 3. The second-order valence-electron chi connectivity index (χ2n) is 13.3. The highest BCUT2D eigenvalue weighted by Gasteiger charge is 2.23. The molecule has 10 nitrogen and oxygen atoms in total. The Balaban J connectivity index is 1.11. The zero-order chi connectivity index (χ0) is 37.1. The number of hydrogen-bond acceptors (Lipinski definition) is 8. The van der Waals surface area contributed by atoms with Gasteiger partial charge in [-0.05, 0) is 97.7 Å². The van der Waals surface area contributed by atoms with Gasteiger partial charge in [0.05, 0.1) is 41.7 Å². The fourth-order valence-electron chi connectivity index (χ4n) is 6.98. The molecule has 7 rings (SSSR count). The van der Waals surface area contributed by atoms with Crippen LogP contribution >= 0.6 is 12.2 Å². The third-order valence-corrected chi connectivity index (χ3v) is 9.87. The smallest absolute Gasteiger partial charge is 0.257 e. The molecule has 1 fully saturated rings. The number of fused-ring (bicyclic) bond motifs is 2. The third-order valence-electron chi connectivity index (χ3n) is 9.51.